The first kappa shape index (κ1) is 8.98. The number of alkyl halides is 1. The van der Waals surface area contributed by atoms with Crippen LogP contribution in [0.1, 0.15) is 29.7 Å². The minimum Gasteiger partial charge on any atom is -0.356 e. The SMILES string of the molecule is CC1c2ccccc2-c2onc(CCl)c21. The zero-order chi connectivity index (χ0) is 10.4. The molecule has 1 aliphatic rings. The molecule has 2 nitrogen and oxygen atoms in total. The predicted molar refractivity (Wildman–Crippen MR) is 59.0 cm³/mol. The normalized spacial score (nSPS) is 17.6. The van der Waals surface area contributed by atoms with E-state index in [2.05, 4.69) is 30.3 Å². The Bertz CT molecular complexity index is 518. The maximum Gasteiger partial charge on any atom is 0.171 e. The van der Waals surface area contributed by atoms with E-state index in [9.17, 15) is 0 Å². The summed E-state index contributed by atoms with van der Waals surface area (Å²) >= 11 is 5.84. The van der Waals surface area contributed by atoms with Crippen LogP contribution in [0.25, 0.3) is 11.3 Å². The van der Waals surface area contributed by atoms with Crippen molar-refractivity contribution < 1.29 is 4.52 Å². The van der Waals surface area contributed by atoms with E-state index in [1.54, 1.807) is 0 Å². The van der Waals surface area contributed by atoms with E-state index in [4.69, 9.17) is 16.1 Å². The lowest BCUT2D eigenvalue weighted by molar-refractivity contribution is 0.426. The predicted octanol–water partition coefficient (Wildman–Crippen LogP) is 3.55. The van der Waals surface area contributed by atoms with Gasteiger partial charge in [-0.1, -0.05) is 36.3 Å². The molecule has 0 saturated heterocycles. The molecule has 1 heterocycles. The van der Waals surface area contributed by atoms with Crippen molar-refractivity contribution in [1.82, 2.24) is 5.16 Å². The van der Waals surface area contributed by atoms with Crippen LogP contribution in [0, 0.1) is 0 Å². The van der Waals surface area contributed by atoms with Gasteiger partial charge in [-0.3, -0.25) is 0 Å². The third kappa shape index (κ3) is 1.08. The van der Waals surface area contributed by atoms with Crippen molar-refractivity contribution in [2.75, 3.05) is 0 Å². The van der Waals surface area contributed by atoms with E-state index in [-0.39, 0.29) is 0 Å². The van der Waals surface area contributed by atoms with Gasteiger partial charge in [-0.2, -0.15) is 0 Å². The van der Waals surface area contributed by atoms with E-state index in [1.807, 2.05) is 6.07 Å². The standard InChI is InChI=1S/C12H10ClNO/c1-7-8-4-2-3-5-9(8)12-11(7)10(6-13)14-15-12/h2-5,7H,6H2,1H3. The molecule has 2 aromatic rings. The summed E-state index contributed by atoms with van der Waals surface area (Å²) in [4.78, 5) is 0. The largest absolute Gasteiger partial charge is 0.356 e. The molecule has 0 amide bonds. The lowest BCUT2D eigenvalue weighted by atomic mass is 9.99. The quantitative estimate of drug-likeness (QED) is 0.686. The summed E-state index contributed by atoms with van der Waals surface area (Å²) in [5.41, 5.74) is 4.49. The Morgan fingerprint density at radius 2 is 2.20 bits per heavy atom. The average molecular weight is 220 g/mol. The van der Waals surface area contributed by atoms with Crippen LogP contribution in [0.3, 0.4) is 0 Å². The summed E-state index contributed by atoms with van der Waals surface area (Å²) in [6.45, 7) is 2.16. The summed E-state index contributed by atoms with van der Waals surface area (Å²) in [5, 5.41) is 4.00. The van der Waals surface area contributed by atoms with Gasteiger partial charge in [0, 0.05) is 17.0 Å². The van der Waals surface area contributed by atoms with Gasteiger partial charge in [0.15, 0.2) is 5.76 Å². The Balaban J connectivity index is 2.29. The first-order valence-corrected chi connectivity index (χ1v) is 5.50. The summed E-state index contributed by atoms with van der Waals surface area (Å²) in [5.74, 6) is 1.65. The Morgan fingerprint density at radius 3 is 3.00 bits per heavy atom. The van der Waals surface area contributed by atoms with Crippen LogP contribution < -0.4 is 0 Å². The number of aromatic nitrogens is 1. The van der Waals surface area contributed by atoms with Crippen LogP contribution in [0.4, 0.5) is 0 Å². The molecule has 1 aromatic heterocycles. The monoisotopic (exact) mass is 219 g/mol. The van der Waals surface area contributed by atoms with Crippen LogP contribution in [-0.4, -0.2) is 5.16 Å². The minimum atomic E-state index is 0.344. The van der Waals surface area contributed by atoms with Crippen LogP contribution >= 0.6 is 11.6 Å². The van der Waals surface area contributed by atoms with Crippen molar-refractivity contribution in [2.45, 2.75) is 18.7 Å². The molecule has 1 aliphatic carbocycles. The molecule has 1 unspecified atom stereocenters. The van der Waals surface area contributed by atoms with Gasteiger partial charge in [0.25, 0.3) is 0 Å². The summed E-state index contributed by atoms with van der Waals surface area (Å²) in [6.07, 6.45) is 0. The molecule has 0 radical (unpaired) electrons. The maximum atomic E-state index is 5.84. The molecule has 0 aliphatic heterocycles. The second-order valence-electron chi connectivity index (χ2n) is 3.81. The van der Waals surface area contributed by atoms with E-state index in [1.165, 1.54) is 5.56 Å². The van der Waals surface area contributed by atoms with Crippen LogP contribution in [-0.2, 0) is 5.88 Å². The number of rotatable bonds is 1. The van der Waals surface area contributed by atoms with Crippen molar-refractivity contribution in [3.63, 3.8) is 0 Å². The highest BCUT2D eigenvalue weighted by molar-refractivity contribution is 6.17. The topological polar surface area (TPSA) is 26.0 Å². The fraction of sp³-hybridized carbons (Fsp3) is 0.250. The van der Waals surface area contributed by atoms with E-state index < -0.39 is 0 Å². The fourth-order valence-corrected chi connectivity index (χ4v) is 2.50. The molecule has 3 heteroatoms. The Labute approximate surface area is 92.8 Å². The molecule has 0 N–H and O–H groups in total. The van der Waals surface area contributed by atoms with Crippen LogP contribution in [0.2, 0.25) is 0 Å². The summed E-state index contributed by atoms with van der Waals surface area (Å²) in [7, 11) is 0. The van der Waals surface area contributed by atoms with E-state index >= 15 is 0 Å². The van der Waals surface area contributed by atoms with Crippen molar-refractivity contribution in [1.29, 1.82) is 0 Å². The van der Waals surface area contributed by atoms with Crippen molar-refractivity contribution in [3.05, 3.63) is 41.1 Å². The van der Waals surface area contributed by atoms with Crippen LogP contribution in [0.5, 0.6) is 0 Å². The zero-order valence-corrected chi connectivity index (χ0v) is 9.08. The van der Waals surface area contributed by atoms with Gasteiger partial charge in [-0.15, -0.1) is 11.6 Å². The number of hydrogen-bond acceptors (Lipinski definition) is 2. The van der Waals surface area contributed by atoms with Gasteiger partial charge in [-0.25, -0.2) is 0 Å². The van der Waals surface area contributed by atoms with E-state index in [0.29, 0.717) is 11.8 Å². The Morgan fingerprint density at radius 1 is 1.40 bits per heavy atom. The van der Waals surface area contributed by atoms with Crippen molar-refractivity contribution in [2.24, 2.45) is 0 Å². The summed E-state index contributed by atoms with van der Waals surface area (Å²) < 4.78 is 5.36. The minimum absolute atomic E-state index is 0.344. The Hall–Kier alpha value is -1.28. The smallest absolute Gasteiger partial charge is 0.171 e. The zero-order valence-electron chi connectivity index (χ0n) is 8.33. The summed E-state index contributed by atoms with van der Waals surface area (Å²) in [6, 6.07) is 8.27. The molecule has 15 heavy (non-hydrogen) atoms. The third-order valence-corrected chi connectivity index (χ3v) is 3.29. The second-order valence-corrected chi connectivity index (χ2v) is 4.08. The molecule has 0 spiro atoms. The van der Waals surface area contributed by atoms with Crippen LogP contribution in [0.15, 0.2) is 28.8 Å². The van der Waals surface area contributed by atoms with Gasteiger partial charge >= 0.3 is 0 Å². The highest BCUT2D eigenvalue weighted by Crippen LogP contribution is 2.46. The number of halogens is 1. The van der Waals surface area contributed by atoms with Crippen molar-refractivity contribution >= 4 is 11.6 Å². The molecule has 0 saturated carbocycles. The number of nitrogens with zero attached hydrogens (tertiary/aromatic N) is 1. The van der Waals surface area contributed by atoms with Gasteiger partial charge in [0.2, 0.25) is 0 Å². The van der Waals surface area contributed by atoms with E-state index in [0.717, 1.165) is 22.6 Å². The fourth-order valence-electron chi connectivity index (χ4n) is 2.30. The molecule has 0 fully saturated rings. The molecule has 3 rings (SSSR count). The molecular formula is C12H10ClNO. The Kier molecular flexibility index (Phi) is 1.86. The highest BCUT2D eigenvalue weighted by Gasteiger charge is 2.31. The number of fused-ring (bicyclic) bond motifs is 3. The first-order chi connectivity index (χ1) is 7.33. The molecule has 1 atom stereocenters. The van der Waals surface area contributed by atoms with Gasteiger partial charge in [0.05, 0.1) is 5.88 Å². The molecule has 76 valence electrons. The molecular weight excluding hydrogens is 210 g/mol. The van der Waals surface area contributed by atoms with Gasteiger partial charge in [-0.05, 0) is 5.56 Å². The van der Waals surface area contributed by atoms with Gasteiger partial charge in [0.1, 0.15) is 5.69 Å². The lowest BCUT2D eigenvalue weighted by Gasteiger charge is -2.04. The first-order valence-electron chi connectivity index (χ1n) is 4.96. The number of hydrogen-bond donors (Lipinski definition) is 0. The third-order valence-electron chi connectivity index (χ3n) is 3.03. The second kappa shape index (κ2) is 3.11. The average Bonchev–Trinajstić information content (AvgIpc) is 2.81. The van der Waals surface area contributed by atoms with Gasteiger partial charge < -0.3 is 4.52 Å². The lowest BCUT2D eigenvalue weighted by Crippen LogP contribution is -1.93. The number of benzene rings is 1. The maximum absolute atomic E-state index is 5.84. The highest BCUT2D eigenvalue weighted by atomic mass is 35.5. The van der Waals surface area contributed by atoms with Crippen molar-refractivity contribution in [3.8, 4) is 11.3 Å². The molecule has 1 aromatic carbocycles. The molecule has 0 bridgehead atoms.